The van der Waals surface area contributed by atoms with Crippen molar-refractivity contribution in [2.45, 2.75) is 32.8 Å². The molecule has 1 unspecified atom stereocenters. The number of nitrogens with zero attached hydrogens (tertiary/aromatic N) is 2. The monoisotopic (exact) mass is 320 g/mol. The summed E-state index contributed by atoms with van der Waals surface area (Å²) in [5, 5.41) is 15.6. The lowest BCUT2D eigenvalue weighted by atomic mass is 10.1. The van der Waals surface area contributed by atoms with Gasteiger partial charge in [-0.25, -0.2) is 0 Å². The molecule has 1 aliphatic heterocycles. The van der Waals surface area contributed by atoms with E-state index in [1.54, 1.807) is 0 Å². The van der Waals surface area contributed by atoms with Gasteiger partial charge in [0.2, 0.25) is 11.0 Å². The van der Waals surface area contributed by atoms with Crippen LogP contribution in [0.15, 0.2) is 0 Å². The van der Waals surface area contributed by atoms with Crippen molar-refractivity contribution in [2.75, 3.05) is 25.0 Å². The highest BCUT2D eigenvalue weighted by Gasteiger charge is 2.18. The van der Waals surface area contributed by atoms with Gasteiger partial charge in [0.05, 0.1) is 19.1 Å². The lowest BCUT2D eigenvalue weighted by Gasteiger charge is -2.22. The Kier molecular flexibility index (Phi) is 7.36. The Hall–Kier alpha value is -0.760. The molecule has 2 N–H and O–H groups in total. The molecular weight excluding hydrogens is 300 g/mol. The van der Waals surface area contributed by atoms with Crippen molar-refractivity contribution in [2.24, 2.45) is 5.92 Å². The lowest BCUT2D eigenvalue weighted by molar-refractivity contribution is -0.119. The summed E-state index contributed by atoms with van der Waals surface area (Å²) in [4.78, 5) is 11.8. The number of carbonyl (C=O) groups is 1. The molecule has 20 heavy (non-hydrogen) atoms. The van der Waals surface area contributed by atoms with Crippen molar-refractivity contribution in [1.29, 1.82) is 0 Å². The first-order chi connectivity index (χ1) is 9.13. The highest BCUT2D eigenvalue weighted by Crippen LogP contribution is 2.18. The Labute approximate surface area is 129 Å². The number of nitrogens with one attached hydrogen (secondary N) is 2. The molecule has 1 amide bonds. The first-order valence-electron chi connectivity index (χ1n) is 6.58. The van der Waals surface area contributed by atoms with Crippen LogP contribution in [0, 0.1) is 5.92 Å². The van der Waals surface area contributed by atoms with Crippen LogP contribution in [0.25, 0.3) is 0 Å². The molecule has 8 heteroatoms. The van der Waals surface area contributed by atoms with Gasteiger partial charge in [-0.2, -0.15) is 0 Å². The molecule has 1 aromatic rings. The third-order valence-corrected chi connectivity index (χ3v) is 3.57. The van der Waals surface area contributed by atoms with Gasteiger partial charge in [-0.1, -0.05) is 25.2 Å². The van der Waals surface area contributed by atoms with E-state index in [9.17, 15) is 4.79 Å². The van der Waals surface area contributed by atoms with Gasteiger partial charge in [0.25, 0.3) is 0 Å². The fraction of sp³-hybridized carbons (Fsp3) is 0.750. The lowest BCUT2D eigenvalue weighted by Crippen LogP contribution is -2.40. The number of rotatable bonds is 5. The minimum Gasteiger partial charge on any atom is -0.375 e. The third kappa shape index (κ3) is 5.70. The van der Waals surface area contributed by atoms with Crippen molar-refractivity contribution in [3.63, 3.8) is 0 Å². The van der Waals surface area contributed by atoms with Gasteiger partial charge in [0.15, 0.2) is 0 Å². The van der Waals surface area contributed by atoms with Gasteiger partial charge in [-0.05, 0) is 5.92 Å². The molecule has 1 aromatic heterocycles. The minimum atomic E-state index is -0.0686. The number of hydrogen-bond donors (Lipinski definition) is 2. The molecule has 2 rings (SSSR count). The zero-order chi connectivity index (χ0) is 13.7. The molecule has 1 fully saturated rings. The molecule has 0 spiro atoms. The van der Waals surface area contributed by atoms with Gasteiger partial charge >= 0.3 is 0 Å². The summed E-state index contributed by atoms with van der Waals surface area (Å²) in [6, 6.07) is 0. The summed E-state index contributed by atoms with van der Waals surface area (Å²) in [5.74, 6) is 0.471. The van der Waals surface area contributed by atoms with Gasteiger partial charge in [-0.3, -0.25) is 4.79 Å². The largest absolute Gasteiger partial charge is 0.375 e. The topological polar surface area (TPSA) is 76.1 Å². The SMILES string of the molecule is CC(C)Cc1nnc(NC(=O)CC2CNCCO2)s1.Cl. The molecule has 2 heterocycles. The second-order valence-electron chi connectivity index (χ2n) is 5.05. The van der Waals surface area contributed by atoms with Crippen molar-refractivity contribution >= 4 is 34.8 Å². The first kappa shape index (κ1) is 17.3. The summed E-state index contributed by atoms with van der Waals surface area (Å²) in [6.07, 6.45) is 1.20. The van der Waals surface area contributed by atoms with Gasteiger partial charge in [0.1, 0.15) is 5.01 Å². The van der Waals surface area contributed by atoms with Crippen molar-refractivity contribution in [3.8, 4) is 0 Å². The van der Waals surface area contributed by atoms with Crippen LogP contribution in [0.3, 0.4) is 0 Å². The Balaban J connectivity index is 0.00000200. The first-order valence-corrected chi connectivity index (χ1v) is 7.39. The van der Waals surface area contributed by atoms with E-state index in [2.05, 4.69) is 34.7 Å². The van der Waals surface area contributed by atoms with Crippen LogP contribution < -0.4 is 10.6 Å². The quantitative estimate of drug-likeness (QED) is 0.859. The number of amides is 1. The van der Waals surface area contributed by atoms with Crippen LogP contribution in [0.2, 0.25) is 0 Å². The van der Waals surface area contributed by atoms with E-state index in [4.69, 9.17) is 4.74 Å². The molecule has 0 aliphatic carbocycles. The predicted molar refractivity (Wildman–Crippen MR) is 81.6 cm³/mol. The molecular formula is C12H21ClN4O2S. The number of morpholine rings is 1. The van der Waals surface area contributed by atoms with E-state index in [1.807, 2.05) is 0 Å². The van der Waals surface area contributed by atoms with Crippen LogP contribution in [0.4, 0.5) is 5.13 Å². The smallest absolute Gasteiger partial charge is 0.228 e. The normalized spacial score (nSPS) is 18.6. The number of ether oxygens (including phenoxy) is 1. The molecule has 6 nitrogen and oxygen atoms in total. The number of carbonyl (C=O) groups excluding carboxylic acids is 1. The van der Waals surface area contributed by atoms with Crippen LogP contribution in [-0.2, 0) is 16.0 Å². The summed E-state index contributed by atoms with van der Waals surface area (Å²) >= 11 is 1.44. The zero-order valence-electron chi connectivity index (χ0n) is 11.7. The maximum Gasteiger partial charge on any atom is 0.228 e. The number of hydrogen-bond acceptors (Lipinski definition) is 6. The van der Waals surface area contributed by atoms with Gasteiger partial charge in [-0.15, -0.1) is 22.6 Å². The van der Waals surface area contributed by atoms with Gasteiger partial charge < -0.3 is 15.4 Å². The molecule has 0 aromatic carbocycles. The molecule has 114 valence electrons. The van der Waals surface area contributed by atoms with Crippen LogP contribution in [0.5, 0.6) is 0 Å². The second-order valence-corrected chi connectivity index (χ2v) is 6.11. The Morgan fingerprint density at radius 1 is 1.55 bits per heavy atom. The summed E-state index contributed by atoms with van der Waals surface area (Å²) in [7, 11) is 0. The summed E-state index contributed by atoms with van der Waals surface area (Å²) in [6.45, 7) is 6.50. The van der Waals surface area contributed by atoms with Crippen LogP contribution in [-0.4, -0.2) is 41.9 Å². The zero-order valence-corrected chi connectivity index (χ0v) is 13.4. The standard InChI is InChI=1S/C12H20N4O2S.ClH/c1-8(2)5-11-15-16-12(19-11)14-10(17)6-9-7-13-3-4-18-9;/h8-9,13H,3-7H2,1-2H3,(H,14,16,17);1H. The van der Waals surface area contributed by atoms with Gasteiger partial charge in [0, 0.05) is 19.5 Å². The minimum absolute atomic E-state index is 0. The maximum atomic E-state index is 11.8. The summed E-state index contributed by atoms with van der Waals surface area (Å²) < 4.78 is 5.49. The maximum absolute atomic E-state index is 11.8. The average molecular weight is 321 g/mol. The average Bonchev–Trinajstić information content (AvgIpc) is 2.76. The summed E-state index contributed by atoms with van der Waals surface area (Å²) in [5.41, 5.74) is 0. The van der Waals surface area contributed by atoms with E-state index in [-0.39, 0.29) is 24.4 Å². The molecule has 1 atom stereocenters. The third-order valence-electron chi connectivity index (χ3n) is 2.71. The van der Waals surface area contributed by atoms with E-state index in [1.165, 1.54) is 11.3 Å². The van der Waals surface area contributed by atoms with Crippen molar-refractivity contribution < 1.29 is 9.53 Å². The van der Waals surface area contributed by atoms with Crippen molar-refractivity contribution in [1.82, 2.24) is 15.5 Å². The Bertz CT molecular complexity index is 421. The Morgan fingerprint density at radius 2 is 2.35 bits per heavy atom. The fourth-order valence-electron chi connectivity index (χ4n) is 1.86. The fourth-order valence-corrected chi connectivity index (χ4v) is 2.83. The predicted octanol–water partition coefficient (Wildman–Crippen LogP) is 1.48. The highest BCUT2D eigenvalue weighted by molar-refractivity contribution is 7.15. The second kappa shape index (κ2) is 8.51. The van der Waals surface area contributed by atoms with Crippen molar-refractivity contribution in [3.05, 3.63) is 5.01 Å². The number of halogens is 1. The Morgan fingerprint density at radius 3 is 3.00 bits per heavy atom. The highest BCUT2D eigenvalue weighted by atomic mass is 35.5. The van der Waals surface area contributed by atoms with Crippen LogP contribution in [0.1, 0.15) is 25.3 Å². The van der Waals surface area contributed by atoms with E-state index in [0.717, 1.165) is 24.5 Å². The molecule has 0 radical (unpaired) electrons. The van der Waals surface area contributed by atoms with E-state index < -0.39 is 0 Å². The molecule has 1 aliphatic rings. The van der Waals surface area contributed by atoms with E-state index >= 15 is 0 Å². The molecule has 0 saturated carbocycles. The van der Waals surface area contributed by atoms with Crippen LogP contribution >= 0.6 is 23.7 Å². The molecule has 0 bridgehead atoms. The molecule has 1 saturated heterocycles. The number of anilines is 1. The van der Waals surface area contributed by atoms with E-state index in [0.29, 0.717) is 24.1 Å². The number of aromatic nitrogens is 2.